The van der Waals surface area contributed by atoms with Crippen LogP contribution in [0, 0.1) is 19.7 Å². The van der Waals surface area contributed by atoms with E-state index in [9.17, 15) is 14.0 Å². The number of hydrazine groups is 1. The van der Waals surface area contributed by atoms with E-state index in [1.54, 1.807) is 16.8 Å². The topological polar surface area (TPSA) is 85.3 Å². The zero-order chi connectivity index (χ0) is 19.6. The highest BCUT2D eigenvalue weighted by Gasteiger charge is 2.21. The summed E-state index contributed by atoms with van der Waals surface area (Å²) in [6.07, 6.45) is 0. The van der Waals surface area contributed by atoms with Crippen molar-refractivity contribution in [2.45, 2.75) is 27.0 Å². The molecule has 1 aromatic carbocycles. The van der Waals surface area contributed by atoms with Crippen molar-refractivity contribution in [2.24, 2.45) is 0 Å². The van der Waals surface area contributed by atoms with Crippen LogP contribution >= 0.6 is 11.3 Å². The van der Waals surface area contributed by atoms with Gasteiger partial charge in [-0.15, -0.1) is 11.3 Å². The van der Waals surface area contributed by atoms with Gasteiger partial charge in [0, 0.05) is 28.5 Å². The molecule has 2 amide bonds. The van der Waals surface area contributed by atoms with Gasteiger partial charge >= 0.3 is 0 Å². The molecule has 9 heteroatoms. The molecule has 7 nitrogen and oxygen atoms in total. The maximum atomic E-state index is 14.2. The number of carbonyl (C=O) groups is 2. The van der Waals surface area contributed by atoms with E-state index in [-0.39, 0.29) is 13.2 Å². The molecule has 2 N–H and O–H groups in total. The molecule has 27 heavy (non-hydrogen) atoms. The Morgan fingerprint density at radius 1 is 1.30 bits per heavy atom. The minimum atomic E-state index is -0.524. The lowest BCUT2D eigenvalue weighted by Crippen LogP contribution is -2.43. The summed E-state index contributed by atoms with van der Waals surface area (Å²) in [5.41, 5.74) is 6.85. The minimum absolute atomic E-state index is 0.0219. The maximum absolute atomic E-state index is 14.2. The van der Waals surface area contributed by atoms with Crippen LogP contribution in [0.15, 0.2) is 24.3 Å². The summed E-state index contributed by atoms with van der Waals surface area (Å²) >= 11 is 1.15. The molecule has 2 heterocycles. The third-order valence-electron chi connectivity index (χ3n) is 3.97. The lowest BCUT2D eigenvalue weighted by Gasteiger charge is -2.09. The second-order valence-electron chi connectivity index (χ2n) is 6.04. The van der Waals surface area contributed by atoms with Crippen molar-refractivity contribution in [1.29, 1.82) is 0 Å². The Balaban J connectivity index is 1.74. The van der Waals surface area contributed by atoms with E-state index in [1.165, 1.54) is 13.2 Å². The molecule has 142 valence electrons. The van der Waals surface area contributed by atoms with Gasteiger partial charge in [0.15, 0.2) is 0 Å². The number of halogens is 1. The number of thiophene rings is 1. The van der Waals surface area contributed by atoms with Crippen molar-refractivity contribution in [2.75, 3.05) is 7.11 Å². The molecule has 0 aliphatic heterocycles. The minimum Gasteiger partial charge on any atom is -0.380 e. The van der Waals surface area contributed by atoms with E-state index in [4.69, 9.17) is 4.74 Å². The lowest BCUT2D eigenvalue weighted by atomic mass is 10.1. The predicted molar refractivity (Wildman–Crippen MR) is 99.8 cm³/mol. The number of hydrogen-bond acceptors (Lipinski definition) is 5. The first kappa shape index (κ1) is 19.0. The van der Waals surface area contributed by atoms with Crippen LogP contribution in [-0.2, 0) is 22.7 Å². The normalized spacial score (nSPS) is 11.0. The summed E-state index contributed by atoms with van der Waals surface area (Å²) in [7, 11) is 1.47. The molecule has 0 unspecified atom stereocenters. The van der Waals surface area contributed by atoms with Crippen LogP contribution in [-0.4, -0.2) is 28.7 Å². The number of nitrogens with zero attached hydrogens (tertiary/aromatic N) is 2. The van der Waals surface area contributed by atoms with Gasteiger partial charge in [0.05, 0.1) is 12.3 Å². The fourth-order valence-corrected chi connectivity index (χ4v) is 3.94. The van der Waals surface area contributed by atoms with Gasteiger partial charge in [-0.05, 0) is 32.0 Å². The monoisotopic (exact) mass is 390 g/mol. The molecule has 0 aliphatic carbocycles. The molecular weight excluding hydrogens is 371 g/mol. The Labute approximate surface area is 159 Å². The molecule has 2 aromatic heterocycles. The van der Waals surface area contributed by atoms with Crippen molar-refractivity contribution < 1.29 is 18.7 Å². The number of nitrogens with one attached hydrogen (secondary N) is 2. The molecule has 0 radical (unpaired) electrons. The molecule has 0 saturated heterocycles. The summed E-state index contributed by atoms with van der Waals surface area (Å²) < 4.78 is 21.5. The SMILES string of the molecule is COCc1c(C(=O)NNC(=O)Cn2nc(C)cc2C)sc2cccc(F)c12. The standard InChI is InChI=1S/C18H19FN4O3S/c1-10-7-11(2)23(22-10)8-15(24)20-21-18(25)17-12(9-26-3)16-13(19)5-4-6-14(16)27-17/h4-7H,8-9H2,1-3H3,(H,20,24)(H,21,25). The molecule has 0 atom stereocenters. The predicted octanol–water partition coefficient (Wildman–Crippen LogP) is 2.46. The van der Waals surface area contributed by atoms with Crippen molar-refractivity contribution in [1.82, 2.24) is 20.6 Å². The average Bonchev–Trinajstić information content (AvgIpc) is 3.14. The second kappa shape index (κ2) is 7.85. The third kappa shape index (κ3) is 3.99. The highest BCUT2D eigenvalue weighted by Crippen LogP contribution is 2.33. The van der Waals surface area contributed by atoms with Crippen LogP contribution in [0.2, 0.25) is 0 Å². The van der Waals surface area contributed by atoms with Gasteiger partial charge in [0.2, 0.25) is 0 Å². The van der Waals surface area contributed by atoms with Crippen molar-refractivity contribution in [3.05, 3.63) is 51.9 Å². The zero-order valence-corrected chi connectivity index (χ0v) is 15.9. The van der Waals surface area contributed by atoms with Crippen molar-refractivity contribution in [3.63, 3.8) is 0 Å². The van der Waals surface area contributed by atoms with Gasteiger partial charge in [0.25, 0.3) is 11.8 Å². The van der Waals surface area contributed by atoms with Crippen LogP contribution in [0.4, 0.5) is 4.39 Å². The maximum Gasteiger partial charge on any atom is 0.280 e. The van der Waals surface area contributed by atoms with Crippen molar-refractivity contribution >= 4 is 33.2 Å². The molecule has 0 bridgehead atoms. The first-order valence-electron chi connectivity index (χ1n) is 8.19. The Morgan fingerprint density at radius 3 is 2.74 bits per heavy atom. The Bertz CT molecular complexity index is 1010. The molecule has 0 saturated carbocycles. The smallest absolute Gasteiger partial charge is 0.280 e. The van der Waals surface area contributed by atoms with Crippen LogP contribution in [0.5, 0.6) is 0 Å². The molecule has 0 aliphatic rings. The van der Waals surface area contributed by atoms with Crippen LogP contribution in [0.3, 0.4) is 0 Å². The fourth-order valence-electron chi connectivity index (χ4n) is 2.83. The number of aryl methyl sites for hydroxylation is 2. The summed E-state index contributed by atoms with van der Waals surface area (Å²) in [5, 5.41) is 4.56. The van der Waals surface area contributed by atoms with Crippen LogP contribution in [0.1, 0.15) is 26.6 Å². The fraction of sp³-hybridized carbons (Fsp3) is 0.278. The Morgan fingerprint density at radius 2 is 2.07 bits per heavy atom. The van der Waals surface area contributed by atoms with Gasteiger partial charge in [-0.1, -0.05) is 6.07 Å². The number of aromatic nitrogens is 2. The summed E-state index contributed by atoms with van der Waals surface area (Å²) in [6, 6.07) is 6.52. The van der Waals surface area contributed by atoms with Gasteiger partial charge in [-0.25, -0.2) is 4.39 Å². The summed E-state index contributed by atoms with van der Waals surface area (Å²) in [4.78, 5) is 24.9. The van der Waals surface area contributed by atoms with Gasteiger partial charge in [-0.3, -0.25) is 25.1 Å². The molecule has 3 rings (SSSR count). The van der Waals surface area contributed by atoms with Crippen LogP contribution < -0.4 is 10.9 Å². The third-order valence-corrected chi connectivity index (χ3v) is 5.17. The van der Waals surface area contributed by atoms with Crippen LogP contribution in [0.25, 0.3) is 10.1 Å². The zero-order valence-electron chi connectivity index (χ0n) is 15.1. The second-order valence-corrected chi connectivity index (χ2v) is 7.09. The number of rotatable bonds is 5. The highest BCUT2D eigenvalue weighted by molar-refractivity contribution is 7.21. The van der Waals surface area contributed by atoms with E-state index in [0.29, 0.717) is 20.5 Å². The number of hydrogen-bond donors (Lipinski definition) is 2. The number of fused-ring (bicyclic) bond motifs is 1. The van der Waals surface area contributed by atoms with E-state index in [0.717, 1.165) is 22.7 Å². The highest BCUT2D eigenvalue weighted by atomic mass is 32.1. The first-order valence-corrected chi connectivity index (χ1v) is 9.01. The number of ether oxygens (including phenoxy) is 1. The van der Waals surface area contributed by atoms with E-state index in [1.807, 2.05) is 19.9 Å². The number of methoxy groups -OCH3 is 1. The van der Waals surface area contributed by atoms with E-state index in [2.05, 4.69) is 16.0 Å². The first-order chi connectivity index (χ1) is 12.9. The number of benzene rings is 1. The Hall–Kier alpha value is -2.78. The molecular formula is C18H19FN4O3S. The molecule has 3 aromatic rings. The molecule has 0 spiro atoms. The van der Waals surface area contributed by atoms with E-state index >= 15 is 0 Å². The van der Waals surface area contributed by atoms with Gasteiger partial charge in [-0.2, -0.15) is 5.10 Å². The Kier molecular flexibility index (Phi) is 5.52. The van der Waals surface area contributed by atoms with E-state index < -0.39 is 17.6 Å². The average molecular weight is 390 g/mol. The van der Waals surface area contributed by atoms with Gasteiger partial charge in [0.1, 0.15) is 17.2 Å². The number of amides is 2. The van der Waals surface area contributed by atoms with Crippen molar-refractivity contribution in [3.8, 4) is 0 Å². The largest absolute Gasteiger partial charge is 0.380 e. The lowest BCUT2D eigenvalue weighted by molar-refractivity contribution is -0.122. The summed E-state index contributed by atoms with van der Waals surface area (Å²) in [6.45, 7) is 3.74. The molecule has 0 fully saturated rings. The quantitative estimate of drug-likeness (QED) is 0.656. The van der Waals surface area contributed by atoms with Gasteiger partial charge < -0.3 is 4.74 Å². The number of carbonyl (C=O) groups excluding carboxylic acids is 2. The summed E-state index contributed by atoms with van der Waals surface area (Å²) in [5.74, 6) is -1.36.